The van der Waals surface area contributed by atoms with Crippen LogP contribution in [0.1, 0.15) is 12.8 Å². The Bertz CT molecular complexity index is 705. The summed E-state index contributed by atoms with van der Waals surface area (Å²) in [5.74, 6) is 2.39. The lowest BCUT2D eigenvalue weighted by Crippen LogP contribution is -2.36. The molecule has 1 aliphatic rings. The monoisotopic (exact) mass is 314 g/mol. The van der Waals surface area contributed by atoms with Crippen LogP contribution in [0.2, 0.25) is 0 Å². The highest BCUT2D eigenvalue weighted by Crippen LogP contribution is 2.24. The van der Waals surface area contributed by atoms with Gasteiger partial charge in [0.25, 0.3) is 5.56 Å². The summed E-state index contributed by atoms with van der Waals surface area (Å²) in [6, 6.07) is 3.53. The molecule has 1 fully saturated rings. The van der Waals surface area contributed by atoms with Gasteiger partial charge in [-0.05, 0) is 18.8 Å². The normalized spacial score (nSPS) is 15.7. The molecule has 7 nitrogen and oxygen atoms in total. The van der Waals surface area contributed by atoms with Crippen LogP contribution < -0.4 is 15.4 Å². The van der Waals surface area contributed by atoms with E-state index in [4.69, 9.17) is 0 Å². The first-order valence-corrected chi connectivity index (χ1v) is 7.88. The van der Waals surface area contributed by atoms with Crippen LogP contribution in [0.3, 0.4) is 0 Å². The van der Waals surface area contributed by atoms with Crippen LogP contribution in [-0.4, -0.2) is 46.7 Å². The van der Waals surface area contributed by atoms with E-state index in [2.05, 4.69) is 19.9 Å². The molecule has 0 unspecified atom stereocenters. The molecule has 1 saturated heterocycles. The highest BCUT2D eigenvalue weighted by atomic mass is 16.1. The van der Waals surface area contributed by atoms with Gasteiger partial charge in [0.15, 0.2) is 0 Å². The largest absolute Gasteiger partial charge is 0.363 e. The number of anilines is 2. The van der Waals surface area contributed by atoms with Gasteiger partial charge in [0.2, 0.25) is 0 Å². The zero-order valence-electron chi connectivity index (χ0n) is 13.6. The Morgan fingerprint density at radius 1 is 1.26 bits per heavy atom. The van der Waals surface area contributed by atoms with Crippen molar-refractivity contribution in [2.45, 2.75) is 19.4 Å². The van der Waals surface area contributed by atoms with Gasteiger partial charge in [0, 0.05) is 52.1 Å². The molecule has 3 heterocycles. The second kappa shape index (κ2) is 6.76. The van der Waals surface area contributed by atoms with E-state index >= 15 is 0 Å². The smallest absolute Gasteiger partial charge is 0.253 e. The second-order valence-corrected chi connectivity index (χ2v) is 6.13. The molecule has 0 amide bonds. The van der Waals surface area contributed by atoms with Gasteiger partial charge in [0.1, 0.15) is 18.0 Å². The predicted octanol–water partition coefficient (Wildman–Crippen LogP) is 1.02. The Hall–Kier alpha value is -2.44. The molecule has 122 valence electrons. The molecule has 0 atom stereocenters. The molecule has 0 bridgehead atoms. The van der Waals surface area contributed by atoms with Crippen molar-refractivity contribution >= 4 is 11.6 Å². The van der Waals surface area contributed by atoms with Gasteiger partial charge >= 0.3 is 0 Å². The summed E-state index contributed by atoms with van der Waals surface area (Å²) in [5.41, 5.74) is 0.0221. The summed E-state index contributed by atoms with van der Waals surface area (Å²) in [6.07, 6.45) is 6.87. The first kappa shape index (κ1) is 15.5. The molecule has 0 aromatic carbocycles. The van der Waals surface area contributed by atoms with Crippen LogP contribution in [0.5, 0.6) is 0 Å². The minimum absolute atomic E-state index is 0.0221. The number of piperidine rings is 1. The fraction of sp³-hybridized carbons (Fsp3) is 0.500. The maximum Gasteiger partial charge on any atom is 0.253 e. The van der Waals surface area contributed by atoms with E-state index in [0.29, 0.717) is 5.92 Å². The first-order chi connectivity index (χ1) is 11.1. The molecule has 0 radical (unpaired) electrons. The quantitative estimate of drug-likeness (QED) is 0.839. The number of nitrogens with zero attached hydrogens (tertiary/aromatic N) is 6. The molecule has 0 aliphatic carbocycles. The third-order valence-corrected chi connectivity index (χ3v) is 4.28. The molecule has 3 rings (SSSR count). The van der Waals surface area contributed by atoms with Gasteiger partial charge in [-0.2, -0.15) is 0 Å². The van der Waals surface area contributed by atoms with Crippen molar-refractivity contribution in [2.24, 2.45) is 5.92 Å². The van der Waals surface area contributed by atoms with Crippen molar-refractivity contribution in [1.82, 2.24) is 19.5 Å². The molecular weight excluding hydrogens is 292 g/mol. The maximum absolute atomic E-state index is 11.8. The average Bonchev–Trinajstić information content (AvgIpc) is 2.58. The average molecular weight is 314 g/mol. The summed E-state index contributed by atoms with van der Waals surface area (Å²) in [6.45, 7) is 2.64. The van der Waals surface area contributed by atoms with Crippen molar-refractivity contribution in [3.63, 3.8) is 0 Å². The van der Waals surface area contributed by atoms with Gasteiger partial charge in [-0.1, -0.05) is 0 Å². The van der Waals surface area contributed by atoms with Crippen LogP contribution in [0.15, 0.2) is 35.8 Å². The Morgan fingerprint density at radius 2 is 2.04 bits per heavy atom. The molecule has 2 aromatic rings. The van der Waals surface area contributed by atoms with Crippen molar-refractivity contribution in [2.75, 3.05) is 37.0 Å². The summed E-state index contributed by atoms with van der Waals surface area (Å²) < 4.78 is 1.70. The molecular formula is C16H22N6O. The lowest BCUT2D eigenvalue weighted by Gasteiger charge is -2.33. The van der Waals surface area contributed by atoms with Gasteiger partial charge in [-0.15, -0.1) is 0 Å². The minimum Gasteiger partial charge on any atom is -0.363 e. The van der Waals surface area contributed by atoms with Crippen LogP contribution in [0.4, 0.5) is 11.6 Å². The molecule has 1 aliphatic heterocycles. The summed E-state index contributed by atoms with van der Waals surface area (Å²) >= 11 is 0. The van der Waals surface area contributed by atoms with Gasteiger partial charge < -0.3 is 9.80 Å². The van der Waals surface area contributed by atoms with Gasteiger partial charge in [-0.25, -0.2) is 15.0 Å². The molecule has 0 saturated carbocycles. The number of rotatable bonds is 4. The van der Waals surface area contributed by atoms with Crippen LogP contribution in [-0.2, 0) is 6.54 Å². The van der Waals surface area contributed by atoms with E-state index in [9.17, 15) is 4.79 Å². The zero-order chi connectivity index (χ0) is 16.2. The fourth-order valence-corrected chi connectivity index (χ4v) is 2.89. The van der Waals surface area contributed by atoms with E-state index in [1.165, 1.54) is 6.07 Å². The second-order valence-electron chi connectivity index (χ2n) is 6.13. The molecule has 2 aromatic heterocycles. The fourth-order valence-electron chi connectivity index (χ4n) is 2.89. The van der Waals surface area contributed by atoms with Crippen molar-refractivity contribution in [3.05, 3.63) is 41.3 Å². The first-order valence-electron chi connectivity index (χ1n) is 7.88. The van der Waals surface area contributed by atoms with Crippen molar-refractivity contribution < 1.29 is 0 Å². The minimum atomic E-state index is 0.0221. The maximum atomic E-state index is 11.8. The molecule has 0 spiro atoms. The summed E-state index contributed by atoms with van der Waals surface area (Å²) in [4.78, 5) is 28.7. The number of aromatic nitrogens is 4. The third kappa shape index (κ3) is 3.67. The van der Waals surface area contributed by atoms with Gasteiger partial charge in [0.05, 0.1) is 6.33 Å². The van der Waals surface area contributed by atoms with Crippen molar-refractivity contribution in [3.8, 4) is 0 Å². The predicted molar refractivity (Wildman–Crippen MR) is 89.8 cm³/mol. The Morgan fingerprint density at radius 3 is 2.74 bits per heavy atom. The number of hydrogen-bond acceptors (Lipinski definition) is 6. The lowest BCUT2D eigenvalue weighted by molar-refractivity contribution is 0.350. The summed E-state index contributed by atoms with van der Waals surface area (Å²) in [7, 11) is 3.95. The van der Waals surface area contributed by atoms with E-state index in [-0.39, 0.29) is 5.56 Å². The Labute approximate surface area is 135 Å². The lowest BCUT2D eigenvalue weighted by atomic mass is 9.96. The van der Waals surface area contributed by atoms with Crippen LogP contribution in [0.25, 0.3) is 0 Å². The van der Waals surface area contributed by atoms with Gasteiger partial charge in [-0.3, -0.25) is 9.36 Å². The summed E-state index contributed by atoms with van der Waals surface area (Å²) in [5, 5.41) is 0. The molecule has 23 heavy (non-hydrogen) atoms. The molecule has 7 heteroatoms. The Balaban J connectivity index is 1.61. The van der Waals surface area contributed by atoms with E-state index in [1.54, 1.807) is 23.4 Å². The van der Waals surface area contributed by atoms with E-state index in [1.807, 2.05) is 25.1 Å². The van der Waals surface area contributed by atoms with Crippen molar-refractivity contribution in [1.29, 1.82) is 0 Å². The Kier molecular flexibility index (Phi) is 4.55. The zero-order valence-corrected chi connectivity index (χ0v) is 13.6. The number of hydrogen-bond donors (Lipinski definition) is 0. The third-order valence-electron chi connectivity index (χ3n) is 4.28. The highest BCUT2D eigenvalue weighted by Gasteiger charge is 2.21. The van der Waals surface area contributed by atoms with Crippen LogP contribution >= 0.6 is 0 Å². The van der Waals surface area contributed by atoms with Crippen LogP contribution in [0, 0.1) is 5.92 Å². The SMILES string of the molecule is CN(C)c1cc(N2CCC(Cn3cnccc3=O)CC2)ncn1. The topological polar surface area (TPSA) is 67.2 Å². The highest BCUT2D eigenvalue weighted by molar-refractivity contribution is 5.49. The standard InChI is InChI=1S/C16H22N6O/c1-20(2)14-9-15(19-11-18-14)21-7-4-13(5-8-21)10-22-12-17-6-3-16(22)23/h3,6,9,11-13H,4-5,7-8,10H2,1-2H3. The van der Waals surface area contributed by atoms with E-state index < -0.39 is 0 Å². The van der Waals surface area contributed by atoms with E-state index in [0.717, 1.165) is 44.1 Å². The molecule has 0 N–H and O–H groups in total.